The Hall–Kier alpha value is -3.17. The summed E-state index contributed by atoms with van der Waals surface area (Å²) < 4.78 is 43.5. The number of aromatic nitrogens is 4. The lowest BCUT2D eigenvalue weighted by Crippen LogP contribution is -2.30. The molecule has 3 aromatic rings. The maximum Gasteiger partial charge on any atom is 0.471 e. The fourth-order valence-electron chi connectivity index (χ4n) is 2.66. The highest BCUT2D eigenvalue weighted by Gasteiger charge is 2.38. The molecule has 0 radical (unpaired) electrons. The molecule has 0 fully saturated rings. The van der Waals surface area contributed by atoms with Crippen molar-refractivity contribution >= 4 is 5.91 Å². The van der Waals surface area contributed by atoms with Crippen molar-refractivity contribution in [3.8, 4) is 11.4 Å². The van der Waals surface area contributed by atoms with E-state index in [9.17, 15) is 18.0 Å². The molecule has 2 heterocycles. The Morgan fingerprint density at radius 3 is 2.43 bits per heavy atom. The topological polar surface area (TPSA) is 77.0 Å². The Labute approximate surface area is 158 Å². The Balaban J connectivity index is 1.70. The zero-order chi connectivity index (χ0) is 20.3. The van der Waals surface area contributed by atoms with E-state index in [0.717, 1.165) is 5.56 Å². The smallest absolute Gasteiger partial charge is 0.339 e. The van der Waals surface area contributed by atoms with Crippen molar-refractivity contribution in [2.24, 2.45) is 0 Å². The number of hydrogen-bond donors (Lipinski definition) is 0. The Bertz CT molecular complexity index is 943. The van der Waals surface area contributed by atoms with Crippen LogP contribution in [0, 0.1) is 0 Å². The molecule has 0 bridgehead atoms. The van der Waals surface area contributed by atoms with Crippen molar-refractivity contribution in [2.75, 3.05) is 13.1 Å². The van der Waals surface area contributed by atoms with Gasteiger partial charge in [0.15, 0.2) is 0 Å². The number of carbonyl (C=O) groups is 1. The van der Waals surface area contributed by atoms with Gasteiger partial charge in [0.05, 0.1) is 18.3 Å². The summed E-state index contributed by atoms with van der Waals surface area (Å²) in [6.45, 7) is 5.47. The zero-order valence-electron chi connectivity index (χ0n) is 15.3. The van der Waals surface area contributed by atoms with Crippen molar-refractivity contribution in [1.29, 1.82) is 0 Å². The lowest BCUT2D eigenvalue weighted by Gasteiger charge is -2.17. The van der Waals surface area contributed by atoms with Crippen molar-refractivity contribution in [2.45, 2.75) is 26.6 Å². The predicted molar refractivity (Wildman–Crippen MR) is 93.3 cm³/mol. The minimum Gasteiger partial charge on any atom is -0.339 e. The van der Waals surface area contributed by atoms with Crippen molar-refractivity contribution in [1.82, 2.24) is 24.8 Å². The summed E-state index contributed by atoms with van der Waals surface area (Å²) in [5.74, 6) is -1.59. The largest absolute Gasteiger partial charge is 0.471 e. The first-order valence-electron chi connectivity index (χ1n) is 8.63. The Morgan fingerprint density at radius 2 is 1.86 bits per heavy atom. The molecule has 3 rings (SSSR count). The van der Waals surface area contributed by atoms with Crippen LogP contribution >= 0.6 is 0 Å². The van der Waals surface area contributed by atoms with Crippen molar-refractivity contribution in [3.63, 3.8) is 0 Å². The third-order valence-corrected chi connectivity index (χ3v) is 4.16. The van der Waals surface area contributed by atoms with Crippen LogP contribution in [0.15, 0.2) is 41.2 Å². The van der Waals surface area contributed by atoms with Gasteiger partial charge in [0.25, 0.3) is 5.91 Å². The number of carbonyl (C=O) groups excluding carboxylic acids is 1. The van der Waals surface area contributed by atoms with Crippen molar-refractivity contribution in [3.05, 3.63) is 53.7 Å². The van der Waals surface area contributed by atoms with Gasteiger partial charge < -0.3 is 9.42 Å². The van der Waals surface area contributed by atoms with Gasteiger partial charge in [0.2, 0.25) is 5.82 Å². The van der Waals surface area contributed by atoms with Crippen LogP contribution in [-0.2, 0) is 12.7 Å². The molecular weight excluding hydrogens is 375 g/mol. The molecule has 28 heavy (non-hydrogen) atoms. The van der Waals surface area contributed by atoms with Crippen LogP contribution in [0.2, 0.25) is 0 Å². The molecule has 7 nitrogen and oxygen atoms in total. The molecule has 0 saturated heterocycles. The van der Waals surface area contributed by atoms with Crippen LogP contribution in [0.3, 0.4) is 0 Å². The number of benzene rings is 1. The minimum absolute atomic E-state index is 0.0795. The molecule has 2 aromatic heterocycles. The number of halogens is 3. The van der Waals surface area contributed by atoms with Gasteiger partial charge in [-0.05, 0) is 19.4 Å². The Morgan fingerprint density at radius 1 is 1.18 bits per heavy atom. The van der Waals surface area contributed by atoms with E-state index in [0.29, 0.717) is 30.8 Å². The molecule has 0 spiro atoms. The molecule has 0 N–H and O–H groups in total. The molecule has 0 aliphatic carbocycles. The lowest BCUT2D eigenvalue weighted by molar-refractivity contribution is -0.159. The van der Waals surface area contributed by atoms with Gasteiger partial charge in [-0.25, -0.2) is 0 Å². The summed E-state index contributed by atoms with van der Waals surface area (Å²) in [5, 5.41) is 7.56. The standard InChI is InChI=1S/C18H18F3N5O2/c1-3-25(4-2)16(27)14-9-22-26(11-14)10-12-5-7-13(8-6-12)15-23-17(28-24-15)18(19,20)21/h5-9,11H,3-4,10H2,1-2H3. The molecule has 0 aliphatic heterocycles. The zero-order valence-corrected chi connectivity index (χ0v) is 15.3. The van der Waals surface area contributed by atoms with Crippen LogP contribution in [0.1, 0.15) is 35.7 Å². The predicted octanol–water partition coefficient (Wildman–Crippen LogP) is 3.48. The maximum atomic E-state index is 12.5. The third kappa shape index (κ3) is 4.21. The normalized spacial score (nSPS) is 11.6. The van der Waals surface area contributed by atoms with Gasteiger partial charge in [-0.1, -0.05) is 29.4 Å². The molecule has 0 aliphatic rings. The number of alkyl halides is 3. The van der Waals surface area contributed by atoms with E-state index < -0.39 is 12.1 Å². The first-order chi connectivity index (χ1) is 13.3. The molecule has 1 aromatic carbocycles. The monoisotopic (exact) mass is 393 g/mol. The highest BCUT2D eigenvalue weighted by molar-refractivity contribution is 5.93. The number of rotatable bonds is 6. The van der Waals surface area contributed by atoms with Crippen LogP contribution in [0.25, 0.3) is 11.4 Å². The van der Waals surface area contributed by atoms with Crippen molar-refractivity contribution < 1.29 is 22.5 Å². The molecule has 0 atom stereocenters. The fraction of sp³-hybridized carbons (Fsp3) is 0.333. The average molecular weight is 393 g/mol. The minimum atomic E-state index is -4.68. The number of nitrogens with zero attached hydrogens (tertiary/aromatic N) is 5. The highest BCUT2D eigenvalue weighted by atomic mass is 19.4. The summed E-state index contributed by atoms with van der Waals surface area (Å²) in [6.07, 6.45) is -1.48. The molecule has 0 unspecified atom stereocenters. The van der Waals surface area contributed by atoms with Gasteiger partial charge in [0.1, 0.15) is 0 Å². The Kier molecular flexibility index (Phi) is 5.48. The van der Waals surface area contributed by atoms with Gasteiger partial charge in [-0.2, -0.15) is 23.3 Å². The molecule has 148 valence electrons. The molecule has 10 heteroatoms. The lowest BCUT2D eigenvalue weighted by atomic mass is 10.1. The fourth-order valence-corrected chi connectivity index (χ4v) is 2.66. The average Bonchev–Trinajstić information content (AvgIpc) is 3.33. The second kappa shape index (κ2) is 7.83. The first-order valence-corrected chi connectivity index (χ1v) is 8.63. The van der Waals surface area contributed by atoms with Crippen LogP contribution in [-0.4, -0.2) is 43.8 Å². The quantitative estimate of drug-likeness (QED) is 0.641. The van der Waals surface area contributed by atoms with Crippen LogP contribution in [0.5, 0.6) is 0 Å². The summed E-state index contributed by atoms with van der Waals surface area (Å²) >= 11 is 0. The summed E-state index contributed by atoms with van der Waals surface area (Å²) in [4.78, 5) is 17.4. The summed E-state index contributed by atoms with van der Waals surface area (Å²) in [5.41, 5.74) is 1.76. The van der Waals surface area contributed by atoms with E-state index in [1.165, 1.54) is 6.20 Å². The second-order valence-electron chi connectivity index (χ2n) is 6.02. The van der Waals surface area contributed by atoms with E-state index in [1.54, 1.807) is 40.0 Å². The highest BCUT2D eigenvalue weighted by Crippen LogP contribution is 2.29. The summed E-state index contributed by atoms with van der Waals surface area (Å²) in [6, 6.07) is 6.66. The van der Waals surface area contributed by atoms with Gasteiger partial charge in [-0.3, -0.25) is 9.48 Å². The first kappa shape index (κ1) is 19.6. The van der Waals surface area contributed by atoms with E-state index >= 15 is 0 Å². The van der Waals surface area contributed by atoms with E-state index in [4.69, 9.17) is 0 Å². The van der Waals surface area contributed by atoms with Crippen LogP contribution in [0.4, 0.5) is 13.2 Å². The van der Waals surface area contributed by atoms with Gasteiger partial charge in [0, 0.05) is 24.8 Å². The SMILES string of the molecule is CCN(CC)C(=O)c1cnn(Cc2ccc(-c3noc(C(F)(F)F)n3)cc2)c1. The van der Waals surface area contributed by atoms with Crippen LogP contribution < -0.4 is 0 Å². The third-order valence-electron chi connectivity index (χ3n) is 4.16. The number of amides is 1. The van der Waals surface area contributed by atoms with E-state index in [2.05, 4.69) is 19.8 Å². The molecule has 0 saturated carbocycles. The molecular formula is C18H18F3N5O2. The van der Waals surface area contributed by atoms with E-state index in [-0.39, 0.29) is 11.7 Å². The van der Waals surface area contributed by atoms with Gasteiger partial charge in [-0.15, -0.1) is 0 Å². The maximum absolute atomic E-state index is 12.5. The van der Waals surface area contributed by atoms with Gasteiger partial charge >= 0.3 is 12.1 Å². The number of hydrogen-bond acceptors (Lipinski definition) is 5. The summed E-state index contributed by atoms with van der Waals surface area (Å²) in [7, 11) is 0. The molecule has 1 amide bonds. The van der Waals surface area contributed by atoms with E-state index in [1.807, 2.05) is 13.8 Å². The second-order valence-corrected chi connectivity index (χ2v) is 6.02.